The molecule has 1 saturated heterocycles. The molecule has 4 aromatic rings. The maximum atomic E-state index is 12.9. The van der Waals surface area contributed by atoms with E-state index in [9.17, 15) is 4.79 Å². The van der Waals surface area contributed by atoms with Crippen LogP contribution in [0.4, 0.5) is 0 Å². The highest BCUT2D eigenvalue weighted by Crippen LogP contribution is 2.20. The zero-order chi connectivity index (χ0) is 20.3. The molecule has 0 spiro atoms. The number of amides is 1. The van der Waals surface area contributed by atoms with Crippen LogP contribution in [-0.2, 0) is 13.1 Å². The highest BCUT2D eigenvalue weighted by atomic mass is 32.1. The van der Waals surface area contributed by atoms with Crippen molar-refractivity contribution in [2.75, 3.05) is 26.2 Å². The minimum absolute atomic E-state index is 0.0772. The monoisotopic (exact) mass is 418 g/mol. The summed E-state index contributed by atoms with van der Waals surface area (Å²) in [4.78, 5) is 21.1. The molecule has 1 aliphatic heterocycles. The Labute approximate surface area is 179 Å². The van der Waals surface area contributed by atoms with Crippen LogP contribution in [0.3, 0.4) is 0 Å². The first-order valence-electron chi connectivity index (χ1n) is 10.3. The van der Waals surface area contributed by atoms with Gasteiger partial charge in [0.2, 0.25) is 0 Å². The van der Waals surface area contributed by atoms with Gasteiger partial charge in [0.15, 0.2) is 0 Å². The Balaban J connectivity index is 1.17. The second-order valence-electron chi connectivity index (χ2n) is 7.71. The van der Waals surface area contributed by atoms with E-state index in [2.05, 4.69) is 35.4 Å². The number of carbonyl (C=O) groups excluding carboxylic acids is 1. The van der Waals surface area contributed by atoms with Crippen LogP contribution in [0.1, 0.15) is 20.9 Å². The van der Waals surface area contributed by atoms with E-state index in [-0.39, 0.29) is 5.91 Å². The summed E-state index contributed by atoms with van der Waals surface area (Å²) in [6, 6.07) is 18.4. The highest BCUT2D eigenvalue weighted by Gasteiger charge is 2.26. The SMILES string of the molecule is O=C(c1cnn(Cc2ccccc2)c1)N1CC[NH+](Cc2nc3ccccc3s2)CC1. The van der Waals surface area contributed by atoms with E-state index in [1.807, 2.05) is 40.0 Å². The third-order valence-electron chi connectivity index (χ3n) is 5.56. The van der Waals surface area contributed by atoms with Crippen LogP contribution in [0.25, 0.3) is 10.2 Å². The van der Waals surface area contributed by atoms with Gasteiger partial charge in [-0.2, -0.15) is 5.10 Å². The van der Waals surface area contributed by atoms with E-state index < -0.39 is 0 Å². The van der Waals surface area contributed by atoms with E-state index in [1.54, 1.807) is 17.5 Å². The minimum atomic E-state index is 0.0772. The molecule has 30 heavy (non-hydrogen) atoms. The Morgan fingerprint density at radius 1 is 1.03 bits per heavy atom. The van der Waals surface area contributed by atoms with Gasteiger partial charge >= 0.3 is 0 Å². The number of aromatic nitrogens is 3. The summed E-state index contributed by atoms with van der Waals surface area (Å²) in [6.45, 7) is 5.02. The molecule has 7 heteroatoms. The van der Waals surface area contributed by atoms with Crippen LogP contribution >= 0.6 is 11.3 Å². The van der Waals surface area contributed by atoms with Gasteiger partial charge in [-0.15, -0.1) is 11.3 Å². The number of quaternary nitrogens is 1. The van der Waals surface area contributed by atoms with Crippen LogP contribution in [0.15, 0.2) is 67.0 Å². The van der Waals surface area contributed by atoms with Crippen LogP contribution in [-0.4, -0.2) is 51.8 Å². The molecule has 1 amide bonds. The van der Waals surface area contributed by atoms with Crippen LogP contribution in [0.2, 0.25) is 0 Å². The molecule has 2 aromatic carbocycles. The van der Waals surface area contributed by atoms with Crippen molar-refractivity contribution in [3.63, 3.8) is 0 Å². The van der Waals surface area contributed by atoms with Gasteiger partial charge in [0.05, 0.1) is 54.7 Å². The van der Waals surface area contributed by atoms with E-state index in [0.29, 0.717) is 12.1 Å². The van der Waals surface area contributed by atoms with Gasteiger partial charge in [0.1, 0.15) is 11.6 Å². The molecule has 6 nitrogen and oxygen atoms in total. The van der Waals surface area contributed by atoms with Crippen molar-refractivity contribution in [2.24, 2.45) is 0 Å². The molecule has 0 unspecified atom stereocenters. The largest absolute Gasteiger partial charge is 0.327 e. The average Bonchev–Trinajstić information content (AvgIpc) is 3.41. The average molecular weight is 419 g/mol. The molecule has 0 bridgehead atoms. The zero-order valence-corrected chi connectivity index (χ0v) is 17.5. The fourth-order valence-electron chi connectivity index (χ4n) is 3.93. The molecule has 1 N–H and O–H groups in total. The number of hydrogen-bond donors (Lipinski definition) is 1. The summed E-state index contributed by atoms with van der Waals surface area (Å²) in [5.41, 5.74) is 2.92. The van der Waals surface area contributed by atoms with Crippen LogP contribution in [0, 0.1) is 0 Å². The summed E-state index contributed by atoms with van der Waals surface area (Å²) in [6.07, 6.45) is 3.54. The molecular weight excluding hydrogens is 394 g/mol. The second-order valence-corrected chi connectivity index (χ2v) is 8.82. The number of thiazole rings is 1. The molecule has 152 valence electrons. The fraction of sp³-hybridized carbons (Fsp3) is 0.261. The number of nitrogens with one attached hydrogen (secondary N) is 1. The standard InChI is InChI=1S/C23H23N5OS/c29-23(19-14-24-28(16-19)15-18-6-2-1-3-7-18)27-12-10-26(11-13-27)17-22-25-20-8-4-5-9-21(20)30-22/h1-9,14,16H,10-13,15,17H2/p+1. The molecule has 3 heterocycles. The Morgan fingerprint density at radius 2 is 1.80 bits per heavy atom. The van der Waals surface area contributed by atoms with E-state index in [1.165, 1.54) is 20.2 Å². The van der Waals surface area contributed by atoms with Gasteiger partial charge < -0.3 is 9.80 Å². The van der Waals surface area contributed by atoms with Crippen molar-refractivity contribution in [1.82, 2.24) is 19.7 Å². The van der Waals surface area contributed by atoms with Crippen molar-refractivity contribution in [1.29, 1.82) is 0 Å². The lowest BCUT2D eigenvalue weighted by atomic mass is 10.2. The summed E-state index contributed by atoms with van der Waals surface area (Å²) < 4.78 is 3.07. The first-order valence-corrected chi connectivity index (χ1v) is 11.1. The minimum Gasteiger partial charge on any atom is -0.327 e. The molecule has 5 rings (SSSR count). The summed E-state index contributed by atoms with van der Waals surface area (Å²) in [5, 5.41) is 5.55. The molecule has 0 radical (unpaired) electrons. The third kappa shape index (κ3) is 4.13. The first kappa shape index (κ1) is 19.0. The number of hydrogen-bond acceptors (Lipinski definition) is 4. The Kier molecular flexibility index (Phi) is 5.29. The quantitative estimate of drug-likeness (QED) is 0.540. The third-order valence-corrected chi connectivity index (χ3v) is 6.60. The predicted molar refractivity (Wildman–Crippen MR) is 118 cm³/mol. The predicted octanol–water partition coefficient (Wildman–Crippen LogP) is 2.08. The van der Waals surface area contributed by atoms with Crippen LogP contribution < -0.4 is 4.90 Å². The van der Waals surface area contributed by atoms with Crippen molar-refractivity contribution in [3.8, 4) is 0 Å². The maximum absolute atomic E-state index is 12.9. The lowest BCUT2D eigenvalue weighted by Crippen LogP contribution is -3.13. The summed E-state index contributed by atoms with van der Waals surface area (Å²) in [5.74, 6) is 0.0772. The lowest BCUT2D eigenvalue weighted by molar-refractivity contribution is -0.917. The number of carbonyl (C=O) groups is 1. The van der Waals surface area contributed by atoms with Crippen molar-refractivity contribution < 1.29 is 9.69 Å². The van der Waals surface area contributed by atoms with Crippen molar-refractivity contribution >= 4 is 27.5 Å². The Morgan fingerprint density at radius 3 is 2.60 bits per heavy atom. The lowest BCUT2D eigenvalue weighted by Gasteiger charge is -2.31. The van der Waals surface area contributed by atoms with Gasteiger partial charge in [-0.05, 0) is 17.7 Å². The van der Waals surface area contributed by atoms with Gasteiger partial charge in [-0.1, -0.05) is 42.5 Å². The number of piperazine rings is 1. The van der Waals surface area contributed by atoms with Crippen LogP contribution in [0.5, 0.6) is 0 Å². The molecule has 0 saturated carbocycles. The van der Waals surface area contributed by atoms with Gasteiger partial charge in [0.25, 0.3) is 5.91 Å². The zero-order valence-electron chi connectivity index (χ0n) is 16.7. The van der Waals surface area contributed by atoms with E-state index in [4.69, 9.17) is 4.98 Å². The molecule has 0 aliphatic carbocycles. The second kappa shape index (κ2) is 8.38. The molecule has 0 atom stereocenters. The number of fused-ring (bicyclic) bond motifs is 1. The van der Waals surface area contributed by atoms with Gasteiger partial charge in [-0.3, -0.25) is 9.48 Å². The number of rotatable bonds is 5. The highest BCUT2D eigenvalue weighted by molar-refractivity contribution is 7.18. The van der Waals surface area contributed by atoms with E-state index >= 15 is 0 Å². The molecule has 2 aromatic heterocycles. The Hall–Kier alpha value is -3.03. The number of benzene rings is 2. The van der Waals surface area contributed by atoms with Crippen molar-refractivity contribution in [2.45, 2.75) is 13.1 Å². The number of para-hydroxylation sites is 1. The fourth-order valence-corrected chi connectivity index (χ4v) is 4.96. The maximum Gasteiger partial charge on any atom is 0.257 e. The first-order chi connectivity index (χ1) is 14.7. The Bertz CT molecular complexity index is 1110. The van der Waals surface area contributed by atoms with Crippen molar-refractivity contribution in [3.05, 3.63) is 83.1 Å². The molecular formula is C23H24N5OS+. The van der Waals surface area contributed by atoms with Gasteiger partial charge in [0, 0.05) is 6.20 Å². The summed E-state index contributed by atoms with van der Waals surface area (Å²) in [7, 11) is 0. The molecule has 1 aliphatic rings. The van der Waals surface area contributed by atoms with Gasteiger partial charge in [-0.25, -0.2) is 4.98 Å². The molecule has 1 fully saturated rings. The number of nitrogens with zero attached hydrogens (tertiary/aromatic N) is 4. The topological polar surface area (TPSA) is 55.5 Å². The van der Waals surface area contributed by atoms with E-state index in [0.717, 1.165) is 38.2 Å². The smallest absolute Gasteiger partial charge is 0.257 e. The summed E-state index contributed by atoms with van der Waals surface area (Å²) >= 11 is 1.77. The normalized spacial score (nSPS) is 15.0.